The summed E-state index contributed by atoms with van der Waals surface area (Å²) in [5.74, 6) is 0. The monoisotopic (exact) mass is 289 g/mol. The maximum Gasteiger partial charge on any atom is 0.0972 e. The molecule has 3 nitrogen and oxygen atoms in total. The van der Waals surface area contributed by atoms with Crippen molar-refractivity contribution in [1.82, 2.24) is 14.7 Å². The highest BCUT2D eigenvalue weighted by atomic mass is 35.5. The fourth-order valence-corrected chi connectivity index (χ4v) is 3.18. The van der Waals surface area contributed by atoms with Gasteiger partial charge in [-0.05, 0) is 31.5 Å². The Morgan fingerprint density at radius 1 is 1.25 bits per heavy atom. The standard InChI is InChI=1S/C16H20ClN3/c1-3-19-10-6-7-12(11-19)15-13-8-5-9-14(17)16(13)20(4-2)18-15/h5,7-9H,3-4,6,10-11H2,1-2H3. The number of rotatable bonds is 3. The largest absolute Gasteiger partial charge is 0.299 e. The van der Waals surface area contributed by atoms with E-state index in [0.29, 0.717) is 0 Å². The van der Waals surface area contributed by atoms with Crippen LogP contribution < -0.4 is 0 Å². The van der Waals surface area contributed by atoms with Crippen molar-refractivity contribution < 1.29 is 0 Å². The summed E-state index contributed by atoms with van der Waals surface area (Å²) in [6.45, 7) is 8.37. The molecule has 0 bridgehead atoms. The van der Waals surface area contributed by atoms with Crippen molar-refractivity contribution in [2.75, 3.05) is 19.6 Å². The lowest BCUT2D eigenvalue weighted by atomic mass is 10.0. The van der Waals surface area contributed by atoms with Gasteiger partial charge in [0.2, 0.25) is 0 Å². The number of aromatic nitrogens is 2. The molecule has 0 aliphatic carbocycles. The predicted octanol–water partition coefficient (Wildman–Crippen LogP) is 3.82. The van der Waals surface area contributed by atoms with Crippen LogP contribution in [0.3, 0.4) is 0 Å². The third-order valence-electron chi connectivity index (χ3n) is 4.00. The number of para-hydroxylation sites is 1. The number of aryl methyl sites for hydroxylation is 1. The van der Waals surface area contributed by atoms with Gasteiger partial charge < -0.3 is 0 Å². The Morgan fingerprint density at radius 2 is 2.10 bits per heavy atom. The minimum Gasteiger partial charge on any atom is -0.299 e. The molecule has 2 heterocycles. The Kier molecular flexibility index (Phi) is 3.81. The van der Waals surface area contributed by atoms with Crippen molar-refractivity contribution in [2.24, 2.45) is 0 Å². The summed E-state index contributed by atoms with van der Waals surface area (Å²) >= 11 is 6.36. The Balaban J connectivity index is 2.13. The van der Waals surface area contributed by atoms with Gasteiger partial charge >= 0.3 is 0 Å². The van der Waals surface area contributed by atoms with E-state index in [1.54, 1.807) is 0 Å². The molecule has 1 aromatic heterocycles. The van der Waals surface area contributed by atoms with Crippen LogP contribution in [0.2, 0.25) is 5.02 Å². The molecule has 0 N–H and O–H groups in total. The summed E-state index contributed by atoms with van der Waals surface area (Å²) in [5.41, 5.74) is 3.49. The molecular formula is C16H20ClN3. The van der Waals surface area contributed by atoms with Gasteiger partial charge in [0.25, 0.3) is 0 Å². The van der Waals surface area contributed by atoms with Crippen LogP contribution in [-0.4, -0.2) is 34.3 Å². The second-order valence-electron chi connectivity index (χ2n) is 5.19. The molecule has 0 atom stereocenters. The third kappa shape index (κ3) is 2.25. The molecule has 0 saturated heterocycles. The average molecular weight is 290 g/mol. The van der Waals surface area contributed by atoms with Crippen LogP contribution in [0.25, 0.3) is 16.5 Å². The summed E-state index contributed by atoms with van der Waals surface area (Å²) in [6, 6.07) is 6.08. The molecule has 0 unspecified atom stereocenters. The van der Waals surface area contributed by atoms with E-state index in [-0.39, 0.29) is 0 Å². The van der Waals surface area contributed by atoms with Crippen molar-refractivity contribution >= 4 is 28.1 Å². The second kappa shape index (κ2) is 5.58. The normalized spacial score (nSPS) is 16.6. The first-order chi connectivity index (χ1) is 9.74. The quantitative estimate of drug-likeness (QED) is 0.856. The van der Waals surface area contributed by atoms with E-state index in [4.69, 9.17) is 16.7 Å². The molecule has 3 rings (SSSR count). The van der Waals surface area contributed by atoms with E-state index < -0.39 is 0 Å². The molecular weight excluding hydrogens is 270 g/mol. The van der Waals surface area contributed by atoms with Gasteiger partial charge in [-0.15, -0.1) is 0 Å². The van der Waals surface area contributed by atoms with Gasteiger partial charge in [0.15, 0.2) is 0 Å². The first-order valence-electron chi connectivity index (χ1n) is 7.31. The summed E-state index contributed by atoms with van der Waals surface area (Å²) in [5, 5.41) is 6.75. The summed E-state index contributed by atoms with van der Waals surface area (Å²) in [4.78, 5) is 2.46. The molecule has 0 radical (unpaired) electrons. The highest BCUT2D eigenvalue weighted by Crippen LogP contribution is 2.31. The van der Waals surface area contributed by atoms with E-state index in [9.17, 15) is 0 Å². The maximum atomic E-state index is 6.36. The molecule has 106 valence electrons. The lowest BCUT2D eigenvalue weighted by molar-refractivity contribution is 0.321. The number of hydrogen-bond donors (Lipinski definition) is 0. The maximum absolute atomic E-state index is 6.36. The van der Waals surface area contributed by atoms with Gasteiger partial charge in [0.05, 0.1) is 16.2 Å². The van der Waals surface area contributed by atoms with Crippen molar-refractivity contribution in [2.45, 2.75) is 26.8 Å². The summed E-state index contributed by atoms with van der Waals surface area (Å²) < 4.78 is 2.01. The first-order valence-corrected chi connectivity index (χ1v) is 7.69. The zero-order chi connectivity index (χ0) is 14.1. The van der Waals surface area contributed by atoms with Gasteiger partial charge in [-0.2, -0.15) is 5.10 Å². The van der Waals surface area contributed by atoms with E-state index >= 15 is 0 Å². The van der Waals surface area contributed by atoms with Gasteiger partial charge in [0.1, 0.15) is 0 Å². The Labute approximate surface area is 124 Å². The van der Waals surface area contributed by atoms with Crippen LogP contribution in [0.1, 0.15) is 26.0 Å². The number of likely N-dealkylation sites (N-methyl/N-ethyl adjacent to an activating group) is 1. The molecule has 2 aromatic rings. The lowest BCUT2D eigenvalue weighted by Gasteiger charge is -2.25. The minimum atomic E-state index is 0.784. The fraction of sp³-hybridized carbons (Fsp3) is 0.438. The number of halogens is 1. The lowest BCUT2D eigenvalue weighted by Crippen LogP contribution is -2.29. The zero-order valence-electron chi connectivity index (χ0n) is 12.1. The molecule has 0 spiro atoms. The van der Waals surface area contributed by atoms with Crippen LogP contribution >= 0.6 is 11.6 Å². The van der Waals surface area contributed by atoms with Crippen molar-refractivity contribution in [1.29, 1.82) is 0 Å². The van der Waals surface area contributed by atoms with E-state index in [1.807, 2.05) is 16.8 Å². The number of nitrogens with zero attached hydrogens (tertiary/aromatic N) is 3. The molecule has 0 fully saturated rings. The summed E-state index contributed by atoms with van der Waals surface area (Å²) in [6.07, 6.45) is 3.43. The average Bonchev–Trinajstić information content (AvgIpc) is 2.87. The van der Waals surface area contributed by atoms with Gasteiger partial charge in [-0.3, -0.25) is 9.58 Å². The smallest absolute Gasteiger partial charge is 0.0972 e. The van der Waals surface area contributed by atoms with Crippen LogP contribution in [0.4, 0.5) is 0 Å². The van der Waals surface area contributed by atoms with Crippen molar-refractivity contribution in [3.05, 3.63) is 35.0 Å². The SMILES string of the molecule is CCN1CCC=C(c2nn(CC)c3c(Cl)cccc23)C1. The third-order valence-corrected chi connectivity index (χ3v) is 4.31. The summed E-state index contributed by atoms with van der Waals surface area (Å²) in [7, 11) is 0. The topological polar surface area (TPSA) is 21.1 Å². The van der Waals surface area contributed by atoms with E-state index in [0.717, 1.165) is 48.8 Å². The molecule has 1 aromatic carbocycles. The van der Waals surface area contributed by atoms with Crippen LogP contribution in [0, 0.1) is 0 Å². The first kappa shape index (κ1) is 13.7. The second-order valence-corrected chi connectivity index (χ2v) is 5.59. The van der Waals surface area contributed by atoms with E-state index in [1.165, 1.54) is 11.0 Å². The minimum absolute atomic E-state index is 0.784. The molecule has 0 amide bonds. The van der Waals surface area contributed by atoms with E-state index in [2.05, 4.69) is 30.9 Å². The van der Waals surface area contributed by atoms with Gasteiger partial charge in [-0.1, -0.05) is 36.7 Å². The Morgan fingerprint density at radius 3 is 2.85 bits per heavy atom. The van der Waals surface area contributed by atoms with Crippen molar-refractivity contribution in [3.63, 3.8) is 0 Å². The molecule has 0 saturated carbocycles. The number of fused-ring (bicyclic) bond motifs is 1. The Bertz CT molecular complexity index is 657. The van der Waals surface area contributed by atoms with Crippen molar-refractivity contribution in [3.8, 4) is 0 Å². The van der Waals surface area contributed by atoms with Crippen LogP contribution in [0.5, 0.6) is 0 Å². The van der Waals surface area contributed by atoms with Crippen LogP contribution in [0.15, 0.2) is 24.3 Å². The zero-order valence-corrected chi connectivity index (χ0v) is 12.8. The number of hydrogen-bond acceptors (Lipinski definition) is 2. The highest BCUT2D eigenvalue weighted by molar-refractivity contribution is 6.35. The molecule has 1 aliphatic heterocycles. The number of benzene rings is 1. The van der Waals surface area contributed by atoms with Gasteiger partial charge in [-0.25, -0.2) is 0 Å². The highest BCUT2D eigenvalue weighted by Gasteiger charge is 2.19. The molecule has 4 heteroatoms. The Hall–Kier alpha value is -1.32. The molecule has 20 heavy (non-hydrogen) atoms. The van der Waals surface area contributed by atoms with Gasteiger partial charge in [0, 0.05) is 25.0 Å². The molecule has 1 aliphatic rings. The predicted molar refractivity (Wildman–Crippen MR) is 85.1 cm³/mol. The van der Waals surface area contributed by atoms with Crippen LogP contribution in [-0.2, 0) is 6.54 Å². The fourth-order valence-electron chi connectivity index (χ4n) is 2.91.